The van der Waals surface area contributed by atoms with Crippen molar-refractivity contribution in [2.24, 2.45) is 0 Å². The maximum absolute atomic E-state index is 11.5. The van der Waals surface area contributed by atoms with Gasteiger partial charge in [-0.25, -0.2) is 4.79 Å². The SMILES string of the molecule is C[C@@H]1COC(=O)N1c1ccc(Br)c(C#N)c1. The molecule has 0 saturated carbocycles. The van der Waals surface area contributed by atoms with Crippen molar-refractivity contribution in [2.75, 3.05) is 11.5 Å². The summed E-state index contributed by atoms with van der Waals surface area (Å²) in [5.74, 6) is 0. The van der Waals surface area contributed by atoms with Crippen LogP contribution in [0.5, 0.6) is 0 Å². The number of anilines is 1. The Bertz CT molecular complexity index is 481. The number of halogens is 1. The third kappa shape index (κ3) is 1.76. The molecule has 5 heteroatoms. The predicted molar refractivity (Wildman–Crippen MR) is 62.1 cm³/mol. The lowest BCUT2D eigenvalue weighted by Gasteiger charge is -2.18. The Balaban J connectivity index is 2.41. The molecule has 1 fully saturated rings. The van der Waals surface area contributed by atoms with Crippen molar-refractivity contribution in [3.8, 4) is 6.07 Å². The zero-order chi connectivity index (χ0) is 11.7. The van der Waals surface area contributed by atoms with E-state index in [4.69, 9.17) is 10.00 Å². The van der Waals surface area contributed by atoms with Gasteiger partial charge in [-0.15, -0.1) is 0 Å². The van der Waals surface area contributed by atoms with Gasteiger partial charge >= 0.3 is 6.09 Å². The van der Waals surface area contributed by atoms with E-state index >= 15 is 0 Å². The maximum Gasteiger partial charge on any atom is 0.414 e. The van der Waals surface area contributed by atoms with E-state index < -0.39 is 0 Å². The summed E-state index contributed by atoms with van der Waals surface area (Å²) in [7, 11) is 0. The van der Waals surface area contributed by atoms with Crippen molar-refractivity contribution in [3.05, 3.63) is 28.2 Å². The number of cyclic esters (lactones) is 1. The van der Waals surface area contributed by atoms with E-state index in [1.165, 1.54) is 0 Å². The molecule has 1 aromatic rings. The number of amides is 1. The Morgan fingerprint density at radius 2 is 2.38 bits per heavy atom. The molecule has 4 nitrogen and oxygen atoms in total. The quantitative estimate of drug-likeness (QED) is 0.795. The van der Waals surface area contributed by atoms with E-state index in [1.54, 1.807) is 23.1 Å². The van der Waals surface area contributed by atoms with Crippen molar-refractivity contribution >= 4 is 27.7 Å². The van der Waals surface area contributed by atoms with Gasteiger partial charge in [-0.3, -0.25) is 4.90 Å². The normalized spacial score (nSPS) is 19.4. The molecule has 1 aliphatic rings. The van der Waals surface area contributed by atoms with E-state index in [0.29, 0.717) is 17.9 Å². The van der Waals surface area contributed by atoms with Crippen LogP contribution in [0, 0.1) is 11.3 Å². The van der Waals surface area contributed by atoms with Crippen molar-refractivity contribution in [3.63, 3.8) is 0 Å². The van der Waals surface area contributed by atoms with Gasteiger partial charge < -0.3 is 4.74 Å². The molecule has 1 amide bonds. The molecule has 0 radical (unpaired) electrons. The second kappa shape index (κ2) is 4.14. The molecule has 1 atom stereocenters. The fraction of sp³-hybridized carbons (Fsp3) is 0.273. The zero-order valence-corrected chi connectivity index (χ0v) is 10.2. The van der Waals surface area contributed by atoms with Gasteiger partial charge in [-0.05, 0) is 41.1 Å². The van der Waals surface area contributed by atoms with Crippen LogP contribution >= 0.6 is 15.9 Å². The topological polar surface area (TPSA) is 53.3 Å². The number of carbonyl (C=O) groups excluding carboxylic acids is 1. The summed E-state index contributed by atoms with van der Waals surface area (Å²) in [5, 5.41) is 8.90. The number of nitriles is 1. The highest BCUT2D eigenvalue weighted by atomic mass is 79.9. The molecule has 0 bridgehead atoms. The highest BCUT2D eigenvalue weighted by Crippen LogP contribution is 2.27. The number of rotatable bonds is 1. The molecule has 1 aromatic carbocycles. The minimum absolute atomic E-state index is 0.000202. The van der Waals surface area contributed by atoms with Crippen LogP contribution in [0.4, 0.5) is 10.5 Å². The fourth-order valence-electron chi connectivity index (χ4n) is 1.62. The number of hydrogen-bond donors (Lipinski definition) is 0. The monoisotopic (exact) mass is 280 g/mol. The van der Waals surface area contributed by atoms with Crippen LogP contribution < -0.4 is 4.90 Å². The molecule has 16 heavy (non-hydrogen) atoms. The molecule has 82 valence electrons. The van der Waals surface area contributed by atoms with Gasteiger partial charge in [-0.2, -0.15) is 5.26 Å². The van der Waals surface area contributed by atoms with Crippen molar-refractivity contribution < 1.29 is 9.53 Å². The van der Waals surface area contributed by atoms with Crippen molar-refractivity contribution in [2.45, 2.75) is 13.0 Å². The fourth-order valence-corrected chi connectivity index (χ4v) is 1.96. The lowest BCUT2D eigenvalue weighted by atomic mass is 10.2. The molecule has 0 unspecified atom stereocenters. The Kier molecular flexibility index (Phi) is 2.84. The van der Waals surface area contributed by atoms with E-state index in [-0.39, 0.29) is 12.1 Å². The van der Waals surface area contributed by atoms with Crippen LogP contribution in [-0.2, 0) is 4.74 Å². The van der Waals surface area contributed by atoms with Crippen LogP contribution in [0.25, 0.3) is 0 Å². The number of hydrogen-bond acceptors (Lipinski definition) is 3. The lowest BCUT2D eigenvalue weighted by molar-refractivity contribution is 0.179. The molecular formula is C11H9BrN2O2. The van der Waals surface area contributed by atoms with Crippen molar-refractivity contribution in [1.82, 2.24) is 0 Å². The molecule has 0 aromatic heterocycles. The van der Waals surface area contributed by atoms with Crippen LogP contribution in [0.3, 0.4) is 0 Å². The van der Waals surface area contributed by atoms with Gasteiger partial charge in [0, 0.05) is 10.2 Å². The average Bonchev–Trinajstić information content (AvgIpc) is 2.60. The number of carbonyl (C=O) groups is 1. The number of nitrogens with zero attached hydrogens (tertiary/aromatic N) is 2. The molecule has 1 heterocycles. The number of ether oxygens (including phenoxy) is 1. The van der Waals surface area contributed by atoms with Gasteiger partial charge in [0.05, 0.1) is 11.6 Å². The first kappa shape index (κ1) is 11.0. The van der Waals surface area contributed by atoms with E-state index in [2.05, 4.69) is 22.0 Å². The molecule has 0 aliphatic carbocycles. The van der Waals surface area contributed by atoms with Gasteiger partial charge in [-0.1, -0.05) is 0 Å². The Morgan fingerprint density at radius 3 is 2.94 bits per heavy atom. The summed E-state index contributed by atoms with van der Waals surface area (Å²) in [4.78, 5) is 13.0. The lowest BCUT2D eigenvalue weighted by Crippen LogP contribution is -2.30. The van der Waals surface area contributed by atoms with Crippen LogP contribution in [0.2, 0.25) is 0 Å². The Labute approximate surface area is 102 Å². The predicted octanol–water partition coefficient (Wildman–Crippen LogP) is 2.67. The molecule has 2 rings (SSSR count). The highest BCUT2D eigenvalue weighted by Gasteiger charge is 2.31. The maximum atomic E-state index is 11.5. The summed E-state index contributed by atoms with van der Waals surface area (Å²) >= 11 is 3.27. The smallest absolute Gasteiger partial charge is 0.414 e. The summed E-state index contributed by atoms with van der Waals surface area (Å²) in [5.41, 5.74) is 1.19. The van der Waals surface area contributed by atoms with Crippen LogP contribution in [0.1, 0.15) is 12.5 Å². The number of benzene rings is 1. The largest absolute Gasteiger partial charge is 0.447 e. The van der Waals surface area contributed by atoms with E-state index in [1.807, 2.05) is 6.92 Å². The molecule has 1 aliphatic heterocycles. The Morgan fingerprint density at radius 1 is 1.62 bits per heavy atom. The summed E-state index contributed by atoms with van der Waals surface area (Å²) in [6.07, 6.45) is -0.362. The van der Waals surface area contributed by atoms with E-state index in [0.717, 1.165) is 4.47 Å². The third-order valence-corrected chi connectivity index (χ3v) is 3.13. The van der Waals surface area contributed by atoms with E-state index in [9.17, 15) is 4.79 Å². The van der Waals surface area contributed by atoms with Gasteiger partial charge in [0.25, 0.3) is 0 Å². The summed E-state index contributed by atoms with van der Waals surface area (Å²) in [6.45, 7) is 2.29. The average molecular weight is 281 g/mol. The zero-order valence-electron chi connectivity index (χ0n) is 8.61. The molecule has 1 saturated heterocycles. The Hall–Kier alpha value is -1.54. The van der Waals surface area contributed by atoms with Crippen molar-refractivity contribution in [1.29, 1.82) is 5.26 Å². The summed E-state index contributed by atoms with van der Waals surface area (Å²) < 4.78 is 5.65. The van der Waals surface area contributed by atoms with Crippen LogP contribution in [-0.4, -0.2) is 18.7 Å². The molecule has 0 spiro atoms. The van der Waals surface area contributed by atoms with Gasteiger partial charge in [0.2, 0.25) is 0 Å². The first-order valence-corrected chi connectivity index (χ1v) is 5.58. The van der Waals surface area contributed by atoms with Crippen LogP contribution in [0.15, 0.2) is 22.7 Å². The first-order chi connectivity index (χ1) is 7.63. The first-order valence-electron chi connectivity index (χ1n) is 4.79. The summed E-state index contributed by atoms with van der Waals surface area (Å²) in [6, 6.07) is 7.28. The highest BCUT2D eigenvalue weighted by molar-refractivity contribution is 9.10. The minimum Gasteiger partial charge on any atom is -0.447 e. The minimum atomic E-state index is -0.362. The standard InChI is InChI=1S/C11H9BrN2O2/c1-7-6-16-11(15)14(7)9-2-3-10(12)8(4-9)5-13/h2-4,7H,6H2,1H3/t7-/m1/s1. The molecule has 0 N–H and O–H groups in total. The van der Waals surface area contributed by atoms with Gasteiger partial charge in [0.1, 0.15) is 12.7 Å². The third-order valence-electron chi connectivity index (χ3n) is 2.43. The van der Waals surface area contributed by atoms with Gasteiger partial charge in [0.15, 0.2) is 0 Å². The second-order valence-corrected chi connectivity index (χ2v) is 4.43. The molecular weight excluding hydrogens is 272 g/mol. The second-order valence-electron chi connectivity index (χ2n) is 3.57.